The SMILES string of the molecule is COc1cccc(C=C(C#N)C(=O)O)c1OCCN(C)C. The molecule has 0 amide bonds. The van der Waals surface area contributed by atoms with Gasteiger partial charge in [0.25, 0.3) is 0 Å². The Kier molecular flexibility index (Phi) is 6.24. The number of nitrogens with zero attached hydrogens (tertiary/aromatic N) is 2. The smallest absolute Gasteiger partial charge is 0.346 e. The maximum Gasteiger partial charge on any atom is 0.346 e. The molecule has 6 heteroatoms. The number of carbonyl (C=O) groups is 1. The van der Waals surface area contributed by atoms with E-state index < -0.39 is 5.97 Å². The molecule has 1 aromatic carbocycles. The quantitative estimate of drug-likeness (QED) is 0.607. The van der Waals surface area contributed by atoms with Crippen LogP contribution < -0.4 is 9.47 Å². The molecule has 1 rings (SSSR count). The topological polar surface area (TPSA) is 82.8 Å². The number of para-hydroxylation sites is 1. The number of carboxylic acid groups (broad SMARTS) is 1. The van der Waals surface area contributed by atoms with Crippen molar-refractivity contribution in [1.82, 2.24) is 4.90 Å². The van der Waals surface area contributed by atoms with E-state index in [4.69, 9.17) is 19.8 Å². The van der Waals surface area contributed by atoms with Crippen LogP contribution in [0, 0.1) is 11.3 Å². The lowest BCUT2D eigenvalue weighted by atomic mass is 10.1. The highest BCUT2D eigenvalue weighted by molar-refractivity contribution is 5.97. The molecule has 0 aromatic heterocycles. The van der Waals surface area contributed by atoms with Crippen LogP contribution in [0.15, 0.2) is 23.8 Å². The zero-order valence-corrected chi connectivity index (χ0v) is 12.3. The fourth-order valence-corrected chi connectivity index (χ4v) is 1.59. The van der Waals surface area contributed by atoms with Gasteiger partial charge < -0.3 is 19.5 Å². The van der Waals surface area contributed by atoms with Gasteiger partial charge in [0.15, 0.2) is 11.5 Å². The predicted octanol–water partition coefficient (Wildman–Crippen LogP) is 1.63. The lowest BCUT2D eigenvalue weighted by Gasteiger charge is -2.15. The summed E-state index contributed by atoms with van der Waals surface area (Å²) in [6.45, 7) is 1.12. The van der Waals surface area contributed by atoms with Gasteiger partial charge in [0.2, 0.25) is 0 Å². The minimum absolute atomic E-state index is 0.360. The Hall–Kier alpha value is -2.52. The number of hydrogen-bond donors (Lipinski definition) is 1. The Balaban J connectivity index is 3.14. The maximum atomic E-state index is 10.9. The number of likely N-dealkylation sites (N-methyl/N-ethyl adjacent to an activating group) is 1. The van der Waals surface area contributed by atoms with Crippen molar-refractivity contribution in [2.24, 2.45) is 0 Å². The van der Waals surface area contributed by atoms with Gasteiger partial charge >= 0.3 is 5.97 Å². The first-order valence-electron chi connectivity index (χ1n) is 6.29. The lowest BCUT2D eigenvalue weighted by molar-refractivity contribution is -0.132. The van der Waals surface area contributed by atoms with E-state index >= 15 is 0 Å². The number of hydrogen-bond acceptors (Lipinski definition) is 5. The number of methoxy groups -OCH3 is 1. The average molecular weight is 290 g/mol. The summed E-state index contributed by atoms with van der Waals surface area (Å²) in [5, 5.41) is 17.8. The van der Waals surface area contributed by atoms with Crippen molar-refractivity contribution in [1.29, 1.82) is 5.26 Å². The van der Waals surface area contributed by atoms with Crippen molar-refractivity contribution in [2.45, 2.75) is 0 Å². The van der Waals surface area contributed by atoms with Crippen LogP contribution in [-0.4, -0.2) is 50.3 Å². The monoisotopic (exact) mass is 290 g/mol. The number of ether oxygens (including phenoxy) is 2. The van der Waals surface area contributed by atoms with Gasteiger partial charge in [0.1, 0.15) is 18.2 Å². The largest absolute Gasteiger partial charge is 0.493 e. The predicted molar refractivity (Wildman–Crippen MR) is 78.3 cm³/mol. The second-order valence-corrected chi connectivity index (χ2v) is 4.51. The van der Waals surface area contributed by atoms with Gasteiger partial charge in [0.05, 0.1) is 7.11 Å². The van der Waals surface area contributed by atoms with Gasteiger partial charge in [-0.1, -0.05) is 12.1 Å². The Morgan fingerprint density at radius 2 is 2.19 bits per heavy atom. The summed E-state index contributed by atoms with van der Waals surface area (Å²) in [5.41, 5.74) is 0.132. The summed E-state index contributed by atoms with van der Waals surface area (Å²) in [4.78, 5) is 12.9. The summed E-state index contributed by atoms with van der Waals surface area (Å²) in [5.74, 6) is -0.361. The Morgan fingerprint density at radius 1 is 1.48 bits per heavy atom. The average Bonchev–Trinajstić information content (AvgIpc) is 2.44. The number of rotatable bonds is 7. The molecule has 1 N–H and O–H groups in total. The normalized spacial score (nSPS) is 11.1. The van der Waals surface area contributed by atoms with Crippen LogP contribution in [0.1, 0.15) is 5.56 Å². The molecule has 1 aromatic rings. The molecule has 0 saturated heterocycles. The maximum absolute atomic E-state index is 10.9. The van der Waals surface area contributed by atoms with E-state index in [0.717, 1.165) is 0 Å². The van der Waals surface area contributed by atoms with Crippen LogP contribution in [-0.2, 0) is 4.79 Å². The van der Waals surface area contributed by atoms with Crippen molar-refractivity contribution in [3.63, 3.8) is 0 Å². The summed E-state index contributed by atoms with van der Waals surface area (Å²) >= 11 is 0. The molecule has 0 spiro atoms. The van der Waals surface area contributed by atoms with Gasteiger partial charge in [0, 0.05) is 12.1 Å². The van der Waals surface area contributed by atoms with Gasteiger partial charge in [-0.05, 0) is 26.2 Å². The fourth-order valence-electron chi connectivity index (χ4n) is 1.59. The molecule has 0 bridgehead atoms. The van der Waals surface area contributed by atoms with E-state index in [1.54, 1.807) is 24.3 Å². The molecule has 0 radical (unpaired) electrons. The third kappa shape index (κ3) is 4.82. The van der Waals surface area contributed by atoms with E-state index in [2.05, 4.69) is 0 Å². The van der Waals surface area contributed by atoms with Gasteiger partial charge in [-0.15, -0.1) is 0 Å². The van der Waals surface area contributed by atoms with E-state index in [1.165, 1.54) is 13.2 Å². The van der Waals surface area contributed by atoms with E-state index in [9.17, 15) is 4.79 Å². The highest BCUT2D eigenvalue weighted by Gasteiger charge is 2.13. The first-order chi connectivity index (χ1) is 9.99. The highest BCUT2D eigenvalue weighted by Crippen LogP contribution is 2.32. The zero-order valence-electron chi connectivity index (χ0n) is 12.3. The molecule has 6 nitrogen and oxygen atoms in total. The van der Waals surface area contributed by atoms with Crippen LogP contribution in [0.2, 0.25) is 0 Å². The molecular formula is C15H18N2O4. The minimum Gasteiger partial charge on any atom is -0.493 e. The summed E-state index contributed by atoms with van der Waals surface area (Å²) < 4.78 is 10.9. The molecule has 0 fully saturated rings. The van der Waals surface area contributed by atoms with Crippen molar-refractivity contribution < 1.29 is 19.4 Å². The third-order valence-corrected chi connectivity index (χ3v) is 2.66. The summed E-state index contributed by atoms with van der Waals surface area (Å²) in [7, 11) is 5.35. The highest BCUT2D eigenvalue weighted by atomic mass is 16.5. The third-order valence-electron chi connectivity index (χ3n) is 2.66. The molecule has 0 atom stereocenters. The van der Waals surface area contributed by atoms with Crippen LogP contribution in [0.3, 0.4) is 0 Å². The summed E-state index contributed by atoms with van der Waals surface area (Å²) in [6.07, 6.45) is 1.27. The first kappa shape index (κ1) is 16.5. The molecule has 0 heterocycles. The second kappa shape index (κ2) is 7.92. The minimum atomic E-state index is -1.28. The Labute approximate surface area is 123 Å². The fraction of sp³-hybridized carbons (Fsp3) is 0.333. The van der Waals surface area contributed by atoms with Gasteiger partial charge in [-0.3, -0.25) is 0 Å². The van der Waals surface area contributed by atoms with E-state index in [0.29, 0.717) is 30.2 Å². The van der Waals surface area contributed by atoms with Crippen molar-refractivity contribution in [3.8, 4) is 17.6 Å². The van der Waals surface area contributed by atoms with Gasteiger partial charge in [-0.25, -0.2) is 4.79 Å². The summed E-state index contributed by atoms with van der Waals surface area (Å²) in [6, 6.07) is 6.75. The molecule has 0 aliphatic carbocycles. The number of aliphatic carboxylic acids is 1. The van der Waals surface area contributed by atoms with Crippen LogP contribution in [0.4, 0.5) is 0 Å². The Morgan fingerprint density at radius 3 is 2.71 bits per heavy atom. The molecule has 0 saturated carbocycles. The van der Waals surface area contributed by atoms with Crippen molar-refractivity contribution >= 4 is 12.0 Å². The van der Waals surface area contributed by atoms with Crippen LogP contribution in [0.5, 0.6) is 11.5 Å². The Bertz CT molecular complexity index is 574. The molecule has 0 unspecified atom stereocenters. The molecular weight excluding hydrogens is 272 g/mol. The van der Waals surface area contributed by atoms with Crippen LogP contribution >= 0.6 is 0 Å². The van der Waals surface area contributed by atoms with Gasteiger partial charge in [-0.2, -0.15) is 5.26 Å². The molecule has 0 aliphatic heterocycles. The standard InChI is InChI=1S/C15H18N2O4/c1-17(2)7-8-21-14-11(5-4-6-13(14)20-3)9-12(10-16)15(18)19/h4-6,9H,7-8H2,1-3H3,(H,18,19). The number of carboxylic acids is 1. The van der Waals surface area contributed by atoms with E-state index in [-0.39, 0.29) is 5.57 Å². The molecule has 0 aliphatic rings. The number of nitriles is 1. The lowest BCUT2D eigenvalue weighted by Crippen LogP contribution is -2.19. The molecule has 21 heavy (non-hydrogen) atoms. The molecule has 112 valence electrons. The second-order valence-electron chi connectivity index (χ2n) is 4.51. The first-order valence-corrected chi connectivity index (χ1v) is 6.29. The van der Waals surface area contributed by atoms with Crippen molar-refractivity contribution in [3.05, 3.63) is 29.3 Å². The van der Waals surface area contributed by atoms with E-state index in [1.807, 2.05) is 19.0 Å². The van der Waals surface area contributed by atoms with Crippen LogP contribution in [0.25, 0.3) is 6.08 Å². The zero-order chi connectivity index (χ0) is 15.8. The van der Waals surface area contributed by atoms with Crippen molar-refractivity contribution in [2.75, 3.05) is 34.4 Å². The number of benzene rings is 1.